The van der Waals surface area contributed by atoms with E-state index in [1.54, 1.807) is 6.33 Å². The Balaban J connectivity index is 1.82. The Bertz CT molecular complexity index is 372. The highest BCUT2D eigenvalue weighted by Crippen LogP contribution is 2.43. The van der Waals surface area contributed by atoms with Crippen LogP contribution in [0.1, 0.15) is 43.7 Å². The molecule has 4 heteroatoms. The van der Waals surface area contributed by atoms with Gasteiger partial charge >= 0.3 is 0 Å². The van der Waals surface area contributed by atoms with Crippen molar-refractivity contribution in [3.8, 4) is 5.88 Å². The number of ether oxygens (including phenoxy) is 1. The lowest BCUT2D eigenvalue weighted by atomic mass is 9.96. The lowest BCUT2D eigenvalue weighted by Crippen LogP contribution is -2.25. The van der Waals surface area contributed by atoms with Crippen molar-refractivity contribution in [2.45, 2.75) is 44.1 Å². The summed E-state index contributed by atoms with van der Waals surface area (Å²) in [6.45, 7) is 0. The van der Waals surface area contributed by atoms with E-state index in [9.17, 15) is 0 Å². The first-order valence-corrected chi connectivity index (χ1v) is 5.61. The van der Waals surface area contributed by atoms with Gasteiger partial charge in [0.25, 0.3) is 0 Å². The molecule has 2 aliphatic rings. The molecular weight excluding hydrogens is 190 g/mol. The molecule has 4 nitrogen and oxygen atoms in total. The van der Waals surface area contributed by atoms with Gasteiger partial charge in [0.15, 0.2) is 0 Å². The number of nitrogen functional groups attached to an aromatic ring is 1. The van der Waals surface area contributed by atoms with Gasteiger partial charge in [0.1, 0.15) is 18.1 Å². The SMILES string of the molecule is Nc1c(OC2CCC2)ncnc1C1CC1. The summed E-state index contributed by atoms with van der Waals surface area (Å²) in [7, 11) is 0. The number of nitrogens with zero attached hydrogens (tertiary/aromatic N) is 2. The van der Waals surface area contributed by atoms with Gasteiger partial charge in [-0.15, -0.1) is 0 Å². The Morgan fingerprint density at radius 2 is 2.00 bits per heavy atom. The Morgan fingerprint density at radius 1 is 1.20 bits per heavy atom. The highest BCUT2D eigenvalue weighted by atomic mass is 16.5. The van der Waals surface area contributed by atoms with Crippen LogP contribution in [0, 0.1) is 0 Å². The monoisotopic (exact) mass is 205 g/mol. The van der Waals surface area contributed by atoms with Crippen LogP contribution in [0.3, 0.4) is 0 Å². The third-order valence-corrected chi connectivity index (χ3v) is 3.17. The summed E-state index contributed by atoms with van der Waals surface area (Å²) in [5.74, 6) is 1.15. The second-order valence-corrected chi connectivity index (χ2v) is 4.42. The van der Waals surface area contributed by atoms with Crippen molar-refractivity contribution in [3.63, 3.8) is 0 Å². The molecule has 0 saturated heterocycles. The Labute approximate surface area is 88.9 Å². The maximum absolute atomic E-state index is 6.00. The molecule has 0 unspecified atom stereocenters. The van der Waals surface area contributed by atoms with Crippen molar-refractivity contribution in [1.29, 1.82) is 0 Å². The van der Waals surface area contributed by atoms with Crippen molar-refractivity contribution < 1.29 is 4.74 Å². The molecule has 15 heavy (non-hydrogen) atoms. The molecule has 0 atom stereocenters. The van der Waals surface area contributed by atoms with Gasteiger partial charge in [-0.3, -0.25) is 0 Å². The van der Waals surface area contributed by atoms with E-state index in [0.717, 1.165) is 18.5 Å². The molecule has 0 amide bonds. The van der Waals surface area contributed by atoms with E-state index >= 15 is 0 Å². The van der Waals surface area contributed by atoms with E-state index in [2.05, 4.69) is 9.97 Å². The zero-order valence-corrected chi connectivity index (χ0v) is 8.65. The largest absolute Gasteiger partial charge is 0.473 e. The molecule has 0 bridgehead atoms. The average molecular weight is 205 g/mol. The third kappa shape index (κ3) is 1.64. The molecular formula is C11H15N3O. The molecule has 80 valence electrons. The second kappa shape index (κ2) is 3.36. The summed E-state index contributed by atoms with van der Waals surface area (Å²) in [5, 5.41) is 0. The predicted octanol–water partition coefficient (Wildman–Crippen LogP) is 1.87. The summed E-state index contributed by atoms with van der Waals surface area (Å²) in [4.78, 5) is 8.35. The number of rotatable bonds is 3. The van der Waals surface area contributed by atoms with E-state index in [0.29, 0.717) is 23.6 Å². The first-order chi connectivity index (χ1) is 7.34. The zero-order valence-electron chi connectivity index (χ0n) is 8.65. The molecule has 3 rings (SSSR count). The lowest BCUT2D eigenvalue weighted by Gasteiger charge is -2.26. The van der Waals surface area contributed by atoms with Crippen molar-refractivity contribution in [1.82, 2.24) is 9.97 Å². The van der Waals surface area contributed by atoms with Gasteiger partial charge in [-0.25, -0.2) is 4.98 Å². The number of aromatic nitrogens is 2. The van der Waals surface area contributed by atoms with Crippen LogP contribution in [0.25, 0.3) is 0 Å². The minimum Gasteiger partial charge on any atom is -0.473 e. The van der Waals surface area contributed by atoms with E-state index in [1.165, 1.54) is 19.3 Å². The van der Waals surface area contributed by atoms with Gasteiger partial charge in [-0.2, -0.15) is 4.98 Å². The summed E-state index contributed by atoms with van der Waals surface area (Å²) in [6.07, 6.45) is 7.80. The molecule has 0 spiro atoms. The number of nitrogens with two attached hydrogens (primary N) is 1. The van der Waals surface area contributed by atoms with Crippen LogP contribution in [-0.2, 0) is 0 Å². The molecule has 2 N–H and O–H groups in total. The molecule has 2 fully saturated rings. The molecule has 2 aliphatic carbocycles. The van der Waals surface area contributed by atoms with Crippen LogP contribution >= 0.6 is 0 Å². The Morgan fingerprint density at radius 3 is 2.60 bits per heavy atom. The summed E-state index contributed by atoms with van der Waals surface area (Å²) in [6, 6.07) is 0. The molecule has 1 aromatic heterocycles. The van der Waals surface area contributed by atoms with Crippen LogP contribution in [0.15, 0.2) is 6.33 Å². The molecule has 1 heterocycles. The van der Waals surface area contributed by atoms with Gasteiger partial charge in [0, 0.05) is 5.92 Å². The summed E-state index contributed by atoms with van der Waals surface area (Å²) < 4.78 is 5.72. The van der Waals surface area contributed by atoms with Gasteiger partial charge in [0.05, 0.1) is 5.69 Å². The van der Waals surface area contributed by atoms with Crippen LogP contribution in [0.5, 0.6) is 5.88 Å². The maximum atomic E-state index is 6.00. The van der Waals surface area contributed by atoms with Gasteiger partial charge in [0.2, 0.25) is 5.88 Å². The van der Waals surface area contributed by atoms with E-state index in [1.807, 2.05) is 0 Å². The van der Waals surface area contributed by atoms with Crippen molar-refractivity contribution in [2.75, 3.05) is 5.73 Å². The number of hydrogen-bond acceptors (Lipinski definition) is 4. The normalized spacial score (nSPS) is 21.1. The standard InChI is InChI=1S/C11H15N3O/c12-9-10(7-4-5-7)13-6-14-11(9)15-8-2-1-3-8/h6-8H,1-5,12H2. The summed E-state index contributed by atoms with van der Waals surface area (Å²) in [5.41, 5.74) is 7.65. The highest BCUT2D eigenvalue weighted by Gasteiger charge is 2.29. The fraction of sp³-hybridized carbons (Fsp3) is 0.636. The smallest absolute Gasteiger partial charge is 0.240 e. The van der Waals surface area contributed by atoms with Crippen LogP contribution in [-0.4, -0.2) is 16.1 Å². The Hall–Kier alpha value is -1.32. The fourth-order valence-corrected chi connectivity index (χ4v) is 1.81. The van der Waals surface area contributed by atoms with Crippen LogP contribution < -0.4 is 10.5 Å². The number of hydrogen-bond donors (Lipinski definition) is 1. The first-order valence-electron chi connectivity index (χ1n) is 5.61. The molecule has 0 radical (unpaired) electrons. The Kier molecular flexibility index (Phi) is 2.01. The summed E-state index contributed by atoms with van der Waals surface area (Å²) >= 11 is 0. The molecule has 2 saturated carbocycles. The van der Waals surface area contributed by atoms with Gasteiger partial charge in [-0.05, 0) is 32.1 Å². The molecule has 0 aliphatic heterocycles. The van der Waals surface area contributed by atoms with Crippen molar-refractivity contribution >= 4 is 5.69 Å². The third-order valence-electron chi connectivity index (χ3n) is 3.17. The van der Waals surface area contributed by atoms with Crippen LogP contribution in [0.2, 0.25) is 0 Å². The quantitative estimate of drug-likeness (QED) is 0.818. The predicted molar refractivity (Wildman–Crippen MR) is 56.7 cm³/mol. The average Bonchev–Trinajstić information content (AvgIpc) is 2.97. The lowest BCUT2D eigenvalue weighted by molar-refractivity contribution is 0.115. The van der Waals surface area contributed by atoms with Crippen molar-refractivity contribution in [2.24, 2.45) is 0 Å². The minimum atomic E-state index is 0.328. The van der Waals surface area contributed by atoms with Gasteiger partial charge < -0.3 is 10.5 Å². The van der Waals surface area contributed by atoms with E-state index in [4.69, 9.17) is 10.5 Å². The molecule has 0 aromatic carbocycles. The first kappa shape index (κ1) is 8.95. The van der Waals surface area contributed by atoms with Gasteiger partial charge in [-0.1, -0.05) is 0 Å². The van der Waals surface area contributed by atoms with E-state index < -0.39 is 0 Å². The fourth-order valence-electron chi connectivity index (χ4n) is 1.81. The van der Waals surface area contributed by atoms with Crippen molar-refractivity contribution in [3.05, 3.63) is 12.0 Å². The van der Waals surface area contributed by atoms with E-state index in [-0.39, 0.29) is 0 Å². The highest BCUT2D eigenvalue weighted by molar-refractivity contribution is 5.54. The minimum absolute atomic E-state index is 0.328. The van der Waals surface area contributed by atoms with Crippen LogP contribution in [0.4, 0.5) is 5.69 Å². The maximum Gasteiger partial charge on any atom is 0.240 e. The topological polar surface area (TPSA) is 61.0 Å². The number of anilines is 1. The second-order valence-electron chi connectivity index (χ2n) is 4.42. The zero-order chi connectivity index (χ0) is 10.3. The molecule has 1 aromatic rings.